The molecule has 1 N–H and O–H groups in total. The lowest BCUT2D eigenvalue weighted by Crippen LogP contribution is -2.31. The average molecular weight is 238 g/mol. The van der Waals surface area contributed by atoms with Crippen molar-refractivity contribution < 1.29 is 18.7 Å². The van der Waals surface area contributed by atoms with E-state index in [1.807, 2.05) is 0 Å². The van der Waals surface area contributed by atoms with E-state index in [0.717, 1.165) is 0 Å². The zero-order valence-corrected chi connectivity index (χ0v) is 9.35. The maximum absolute atomic E-state index is 11.5. The molecule has 2 amide bonds. The Morgan fingerprint density at radius 2 is 2.41 bits per heavy atom. The van der Waals surface area contributed by atoms with Crippen LogP contribution in [0.2, 0.25) is 0 Å². The largest absolute Gasteiger partial charge is 0.467 e. The van der Waals surface area contributed by atoms with Gasteiger partial charge in [0.1, 0.15) is 12.4 Å². The molecule has 0 bridgehead atoms. The summed E-state index contributed by atoms with van der Waals surface area (Å²) in [5.74, 6) is 0.597. The first kappa shape index (κ1) is 11.5. The fraction of sp³-hybridized carbons (Fsp3) is 0.455. The molecule has 92 valence electrons. The second-order valence-electron chi connectivity index (χ2n) is 3.71. The van der Waals surface area contributed by atoms with Crippen LogP contribution in [-0.4, -0.2) is 36.6 Å². The molecule has 0 saturated carbocycles. The first-order valence-electron chi connectivity index (χ1n) is 5.46. The summed E-state index contributed by atoms with van der Waals surface area (Å²) in [5, 5.41) is 2.71. The minimum Gasteiger partial charge on any atom is -0.467 e. The van der Waals surface area contributed by atoms with Crippen LogP contribution >= 0.6 is 0 Å². The standard InChI is InChI=1S/C11H14N2O4/c14-10(12-8-9-2-1-6-16-9)3-4-13-5-7-17-11(13)15/h1-2,6H,3-5,7-8H2,(H,12,14). The van der Waals surface area contributed by atoms with Gasteiger partial charge in [0.2, 0.25) is 5.91 Å². The highest BCUT2D eigenvalue weighted by Gasteiger charge is 2.21. The molecule has 0 spiro atoms. The molecule has 1 aliphatic rings. The van der Waals surface area contributed by atoms with Gasteiger partial charge in [-0.1, -0.05) is 0 Å². The highest BCUT2D eigenvalue weighted by Crippen LogP contribution is 2.04. The van der Waals surface area contributed by atoms with Crippen LogP contribution in [0, 0.1) is 0 Å². The number of carbonyl (C=O) groups is 2. The number of cyclic esters (lactones) is 1. The molecular weight excluding hydrogens is 224 g/mol. The molecule has 1 saturated heterocycles. The SMILES string of the molecule is O=C(CCN1CCOC1=O)NCc1ccco1. The highest BCUT2D eigenvalue weighted by molar-refractivity contribution is 5.77. The number of amides is 2. The summed E-state index contributed by atoms with van der Waals surface area (Å²) in [6.45, 7) is 1.73. The third-order valence-corrected chi connectivity index (χ3v) is 2.49. The van der Waals surface area contributed by atoms with Crippen molar-refractivity contribution in [2.75, 3.05) is 19.7 Å². The number of carbonyl (C=O) groups excluding carboxylic acids is 2. The lowest BCUT2D eigenvalue weighted by atomic mass is 10.3. The van der Waals surface area contributed by atoms with Gasteiger partial charge < -0.3 is 19.4 Å². The second kappa shape index (κ2) is 5.38. The molecule has 0 aliphatic carbocycles. The molecular formula is C11H14N2O4. The molecule has 0 unspecified atom stereocenters. The lowest BCUT2D eigenvalue weighted by Gasteiger charge is -2.11. The molecule has 1 aliphatic heterocycles. The molecule has 0 atom stereocenters. The fourth-order valence-electron chi connectivity index (χ4n) is 1.55. The van der Waals surface area contributed by atoms with Crippen molar-refractivity contribution in [2.45, 2.75) is 13.0 Å². The van der Waals surface area contributed by atoms with Crippen LogP contribution in [0.1, 0.15) is 12.2 Å². The van der Waals surface area contributed by atoms with Gasteiger partial charge in [-0.15, -0.1) is 0 Å². The Morgan fingerprint density at radius 1 is 1.53 bits per heavy atom. The molecule has 1 fully saturated rings. The summed E-state index contributed by atoms with van der Waals surface area (Å²) >= 11 is 0. The van der Waals surface area contributed by atoms with Crippen molar-refractivity contribution in [3.8, 4) is 0 Å². The summed E-state index contributed by atoms with van der Waals surface area (Å²) in [6, 6.07) is 3.56. The maximum atomic E-state index is 11.5. The topological polar surface area (TPSA) is 71.8 Å². The van der Waals surface area contributed by atoms with Gasteiger partial charge in [-0.05, 0) is 12.1 Å². The Kier molecular flexibility index (Phi) is 3.64. The number of hydrogen-bond acceptors (Lipinski definition) is 4. The molecule has 0 aromatic carbocycles. The molecule has 6 heteroatoms. The molecule has 1 aromatic rings. The van der Waals surface area contributed by atoms with Gasteiger partial charge in [-0.2, -0.15) is 0 Å². The smallest absolute Gasteiger partial charge is 0.409 e. The Hall–Kier alpha value is -1.98. The average Bonchev–Trinajstić information content (AvgIpc) is 2.95. The summed E-state index contributed by atoms with van der Waals surface area (Å²) < 4.78 is 9.84. The van der Waals surface area contributed by atoms with Gasteiger partial charge in [-0.25, -0.2) is 4.79 Å². The van der Waals surface area contributed by atoms with Crippen molar-refractivity contribution >= 4 is 12.0 Å². The highest BCUT2D eigenvalue weighted by atomic mass is 16.6. The molecule has 6 nitrogen and oxygen atoms in total. The molecule has 1 aromatic heterocycles. The van der Waals surface area contributed by atoms with Gasteiger partial charge >= 0.3 is 6.09 Å². The van der Waals surface area contributed by atoms with Crippen LogP contribution in [-0.2, 0) is 16.1 Å². The van der Waals surface area contributed by atoms with Gasteiger partial charge in [0.15, 0.2) is 0 Å². The Bertz CT molecular complexity index is 388. The quantitative estimate of drug-likeness (QED) is 0.821. The number of furan rings is 1. The zero-order valence-electron chi connectivity index (χ0n) is 9.35. The van der Waals surface area contributed by atoms with Crippen LogP contribution in [0.25, 0.3) is 0 Å². The Balaban J connectivity index is 1.65. The van der Waals surface area contributed by atoms with E-state index in [9.17, 15) is 9.59 Å². The predicted octanol–water partition coefficient (Wildman–Crippen LogP) is 0.738. The van der Waals surface area contributed by atoms with Gasteiger partial charge in [0, 0.05) is 13.0 Å². The summed E-state index contributed by atoms with van der Waals surface area (Å²) in [4.78, 5) is 24.1. The van der Waals surface area contributed by atoms with Crippen LogP contribution in [0.15, 0.2) is 22.8 Å². The zero-order chi connectivity index (χ0) is 12.1. The van der Waals surface area contributed by atoms with Gasteiger partial charge in [-0.3, -0.25) is 4.79 Å². The molecule has 2 rings (SSSR count). The van der Waals surface area contributed by atoms with E-state index < -0.39 is 0 Å². The number of nitrogens with zero attached hydrogens (tertiary/aromatic N) is 1. The Morgan fingerprint density at radius 3 is 3.06 bits per heavy atom. The van der Waals surface area contributed by atoms with Gasteiger partial charge in [0.05, 0.1) is 19.4 Å². The molecule has 17 heavy (non-hydrogen) atoms. The van der Waals surface area contributed by atoms with E-state index in [4.69, 9.17) is 9.15 Å². The fourth-order valence-corrected chi connectivity index (χ4v) is 1.55. The van der Waals surface area contributed by atoms with E-state index >= 15 is 0 Å². The number of rotatable bonds is 5. The first-order chi connectivity index (χ1) is 8.25. The third-order valence-electron chi connectivity index (χ3n) is 2.49. The van der Waals surface area contributed by atoms with E-state index in [2.05, 4.69) is 5.32 Å². The van der Waals surface area contributed by atoms with E-state index in [-0.39, 0.29) is 18.4 Å². The van der Waals surface area contributed by atoms with Crippen molar-refractivity contribution in [2.24, 2.45) is 0 Å². The van der Waals surface area contributed by atoms with Crippen molar-refractivity contribution in [1.82, 2.24) is 10.2 Å². The summed E-state index contributed by atoms with van der Waals surface area (Å²) in [5.41, 5.74) is 0. The van der Waals surface area contributed by atoms with Crippen molar-refractivity contribution in [1.29, 1.82) is 0 Å². The van der Waals surface area contributed by atoms with E-state index in [0.29, 0.717) is 32.0 Å². The number of ether oxygens (including phenoxy) is 1. The number of nitrogens with one attached hydrogen (secondary N) is 1. The second-order valence-corrected chi connectivity index (χ2v) is 3.71. The van der Waals surface area contributed by atoms with Crippen LogP contribution in [0.3, 0.4) is 0 Å². The number of hydrogen-bond donors (Lipinski definition) is 1. The minimum absolute atomic E-state index is 0.110. The van der Waals surface area contributed by atoms with E-state index in [1.54, 1.807) is 18.4 Å². The minimum atomic E-state index is -0.344. The normalized spacial score (nSPS) is 14.8. The lowest BCUT2D eigenvalue weighted by molar-refractivity contribution is -0.121. The van der Waals surface area contributed by atoms with Crippen LogP contribution < -0.4 is 5.32 Å². The van der Waals surface area contributed by atoms with Crippen molar-refractivity contribution in [3.05, 3.63) is 24.2 Å². The van der Waals surface area contributed by atoms with Crippen LogP contribution in [0.4, 0.5) is 4.79 Å². The maximum Gasteiger partial charge on any atom is 0.409 e. The monoisotopic (exact) mass is 238 g/mol. The van der Waals surface area contributed by atoms with Crippen LogP contribution in [0.5, 0.6) is 0 Å². The predicted molar refractivity (Wildman–Crippen MR) is 58.1 cm³/mol. The molecule has 2 heterocycles. The first-order valence-corrected chi connectivity index (χ1v) is 5.46. The van der Waals surface area contributed by atoms with E-state index in [1.165, 1.54) is 4.90 Å². The third kappa shape index (κ3) is 3.24. The Labute approximate surface area is 98.5 Å². The van der Waals surface area contributed by atoms with Gasteiger partial charge in [0.25, 0.3) is 0 Å². The van der Waals surface area contributed by atoms with Crippen molar-refractivity contribution in [3.63, 3.8) is 0 Å². The summed E-state index contributed by atoms with van der Waals surface area (Å²) in [7, 11) is 0. The molecule has 0 radical (unpaired) electrons. The summed E-state index contributed by atoms with van der Waals surface area (Å²) in [6.07, 6.45) is 1.49.